The number of nitrogens with two attached hydrogens (primary N) is 1. The van der Waals surface area contributed by atoms with Gasteiger partial charge in [0.2, 0.25) is 0 Å². The average molecular weight is 185 g/mol. The SMILES string of the molecule is Nc1ccnc(Cc2cccnc2)c1. The van der Waals surface area contributed by atoms with Gasteiger partial charge in [0.1, 0.15) is 0 Å². The van der Waals surface area contributed by atoms with Crippen molar-refractivity contribution in [2.75, 3.05) is 5.73 Å². The average Bonchev–Trinajstić information content (AvgIpc) is 2.19. The molecule has 0 unspecified atom stereocenters. The van der Waals surface area contributed by atoms with Crippen molar-refractivity contribution in [1.29, 1.82) is 0 Å². The molecule has 0 fully saturated rings. The van der Waals surface area contributed by atoms with Crippen molar-refractivity contribution < 1.29 is 0 Å². The van der Waals surface area contributed by atoms with Gasteiger partial charge < -0.3 is 5.73 Å². The first-order valence-corrected chi connectivity index (χ1v) is 4.44. The molecule has 70 valence electrons. The predicted molar refractivity (Wildman–Crippen MR) is 55.7 cm³/mol. The Morgan fingerprint density at radius 1 is 1.21 bits per heavy atom. The van der Waals surface area contributed by atoms with Gasteiger partial charge in [-0.3, -0.25) is 9.97 Å². The van der Waals surface area contributed by atoms with Crippen molar-refractivity contribution in [2.24, 2.45) is 0 Å². The Hall–Kier alpha value is -1.90. The number of aromatic nitrogens is 2. The lowest BCUT2D eigenvalue weighted by Crippen LogP contribution is -1.94. The molecule has 0 saturated carbocycles. The molecule has 0 spiro atoms. The van der Waals surface area contributed by atoms with E-state index in [-0.39, 0.29) is 0 Å². The Morgan fingerprint density at radius 3 is 2.86 bits per heavy atom. The van der Waals surface area contributed by atoms with E-state index in [1.54, 1.807) is 18.5 Å². The summed E-state index contributed by atoms with van der Waals surface area (Å²) in [6.45, 7) is 0. The largest absolute Gasteiger partial charge is 0.399 e. The molecule has 2 aromatic heterocycles. The summed E-state index contributed by atoms with van der Waals surface area (Å²) in [6, 6.07) is 7.61. The van der Waals surface area contributed by atoms with E-state index < -0.39 is 0 Å². The lowest BCUT2D eigenvalue weighted by atomic mass is 10.1. The van der Waals surface area contributed by atoms with Crippen molar-refractivity contribution in [1.82, 2.24) is 9.97 Å². The first-order valence-electron chi connectivity index (χ1n) is 4.44. The molecule has 0 bridgehead atoms. The monoisotopic (exact) mass is 185 g/mol. The van der Waals surface area contributed by atoms with Crippen molar-refractivity contribution in [3.8, 4) is 0 Å². The van der Waals surface area contributed by atoms with Crippen LogP contribution in [0.4, 0.5) is 5.69 Å². The fourth-order valence-electron chi connectivity index (χ4n) is 1.31. The van der Waals surface area contributed by atoms with Crippen molar-refractivity contribution in [3.05, 3.63) is 54.1 Å². The maximum absolute atomic E-state index is 5.66. The number of nitrogens with zero attached hydrogens (tertiary/aromatic N) is 2. The number of rotatable bonds is 2. The normalized spacial score (nSPS) is 10.0. The lowest BCUT2D eigenvalue weighted by molar-refractivity contribution is 1.06. The van der Waals surface area contributed by atoms with Gasteiger partial charge in [-0.25, -0.2) is 0 Å². The maximum Gasteiger partial charge on any atom is 0.0468 e. The number of hydrogen-bond donors (Lipinski definition) is 1. The molecule has 2 rings (SSSR count). The van der Waals surface area contributed by atoms with E-state index in [9.17, 15) is 0 Å². The standard InChI is InChI=1S/C11H11N3/c12-10-3-5-14-11(7-10)6-9-2-1-4-13-8-9/h1-5,7-8H,6H2,(H2,12,14). The smallest absolute Gasteiger partial charge is 0.0468 e. The first-order chi connectivity index (χ1) is 6.84. The van der Waals surface area contributed by atoms with Gasteiger partial charge in [-0.15, -0.1) is 0 Å². The summed E-state index contributed by atoms with van der Waals surface area (Å²) in [5.41, 5.74) is 8.52. The molecule has 0 aliphatic rings. The summed E-state index contributed by atoms with van der Waals surface area (Å²) in [5.74, 6) is 0. The van der Waals surface area contributed by atoms with E-state index in [2.05, 4.69) is 9.97 Å². The van der Waals surface area contributed by atoms with Gasteiger partial charge in [-0.1, -0.05) is 6.07 Å². The Balaban J connectivity index is 2.19. The number of pyridine rings is 2. The van der Waals surface area contributed by atoms with E-state index in [0.717, 1.165) is 23.4 Å². The summed E-state index contributed by atoms with van der Waals surface area (Å²) >= 11 is 0. The van der Waals surface area contributed by atoms with Crippen molar-refractivity contribution >= 4 is 5.69 Å². The van der Waals surface area contributed by atoms with Crippen LogP contribution in [0.25, 0.3) is 0 Å². The van der Waals surface area contributed by atoms with E-state index in [1.807, 2.05) is 24.4 Å². The second-order valence-corrected chi connectivity index (χ2v) is 3.12. The Kier molecular flexibility index (Phi) is 2.40. The molecule has 0 aromatic carbocycles. The van der Waals surface area contributed by atoms with Crippen LogP contribution in [0.2, 0.25) is 0 Å². The summed E-state index contributed by atoms with van der Waals surface area (Å²) in [4.78, 5) is 8.27. The van der Waals surface area contributed by atoms with Gasteiger partial charge in [-0.2, -0.15) is 0 Å². The molecule has 2 heterocycles. The number of nitrogen functional groups attached to an aromatic ring is 1. The first kappa shape index (κ1) is 8.69. The molecule has 0 aliphatic carbocycles. The molecule has 0 saturated heterocycles. The summed E-state index contributed by atoms with van der Waals surface area (Å²) in [7, 11) is 0. The molecule has 0 radical (unpaired) electrons. The zero-order valence-electron chi connectivity index (χ0n) is 7.72. The molecule has 2 aromatic rings. The number of anilines is 1. The minimum atomic E-state index is 0.749. The fraction of sp³-hybridized carbons (Fsp3) is 0.0909. The van der Waals surface area contributed by atoms with Crippen LogP contribution in [0.5, 0.6) is 0 Å². The molecule has 0 aliphatic heterocycles. The quantitative estimate of drug-likeness (QED) is 0.774. The van der Waals surface area contributed by atoms with Crippen LogP contribution in [0.1, 0.15) is 11.3 Å². The molecule has 3 heteroatoms. The molecular weight excluding hydrogens is 174 g/mol. The Morgan fingerprint density at radius 2 is 2.14 bits per heavy atom. The maximum atomic E-state index is 5.66. The highest BCUT2D eigenvalue weighted by Gasteiger charge is 1.97. The van der Waals surface area contributed by atoms with E-state index in [0.29, 0.717) is 0 Å². The van der Waals surface area contributed by atoms with Crippen molar-refractivity contribution in [2.45, 2.75) is 6.42 Å². The summed E-state index contributed by atoms with van der Waals surface area (Å²) in [5, 5.41) is 0. The third kappa shape index (κ3) is 2.07. The van der Waals surface area contributed by atoms with Crippen LogP contribution < -0.4 is 5.73 Å². The van der Waals surface area contributed by atoms with Crippen LogP contribution in [0, 0.1) is 0 Å². The van der Waals surface area contributed by atoms with Gasteiger partial charge in [-0.05, 0) is 23.8 Å². The molecule has 14 heavy (non-hydrogen) atoms. The van der Waals surface area contributed by atoms with Gasteiger partial charge >= 0.3 is 0 Å². The van der Waals surface area contributed by atoms with Gasteiger partial charge in [0, 0.05) is 36.4 Å². The third-order valence-electron chi connectivity index (χ3n) is 1.95. The zero-order chi connectivity index (χ0) is 9.80. The summed E-state index contributed by atoms with van der Waals surface area (Å²) < 4.78 is 0. The molecular formula is C11H11N3. The van der Waals surface area contributed by atoms with Gasteiger partial charge in [0.25, 0.3) is 0 Å². The second-order valence-electron chi connectivity index (χ2n) is 3.12. The lowest BCUT2D eigenvalue weighted by Gasteiger charge is -2.00. The second kappa shape index (κ2) is 3.87. The fourth-order valence-corrected chi connectivity index (χ4v) is 1.31. The highest BCUT2D eigenvalue weighted by molar-refractivity contribution is 5.38. The van der Waals surface area contributed by atoms with Crippen LogP contribution in [-0.2, 0) is 6.42 Å². The zero-order valence-corrected chi connectivity index (χ0v) is 7.72. The number of hydrogen-bond acceptors (Lipinski definition) is 3. The van der Waals surface area contributed by atoms with Crippen LogP contribution in [0.15, 0.2) is 42.9 Å². The molecule has 0 atom stereocenters. The van der Waals surface area contributed by atoms with Crippen LogP contribution in [0.3, 0.4) is 0 Å². The third-order valence-corrected chi connectivity index (χ3v) is 1.95. The molecule has 0 amide bonds. The Bertz CT molecular complexity index is 412. The minimum absolute atomic E-state index is 0.749. The summed E-state index contributed by atoms with van der Waals surface area (Å²) in [6.07, 6.45) is 6.10. The van der Waals surface area contributed by atoms with Crippen LogP contribution in [-0.4, -0.2) is 9.97 Å². The molecule has 3 nitrogen and oxygen atoms in total. The van der Waals surface area contributed by atoms with Gasteiger partial charge in [0.05, 0.1) is 0 Å². The van der Waals surface area contributed by atoms with E-state index >= 15 is 0 Å². The van der Waals surface area contributed by atoms with Crippen LogP contribution >= 0.6 is 0 Å². The minimum Gasteiger partial charge on any atom is -0.399 e. The Labute approximate surface area is 82.6 Å². The molecule has 2 N–H and O–H groups in total. The predicted octanol–water partition coefficient (Wildman–Crippen LogP) is 1.65. The topological polar surface area (TPSA) is 51.8 Å². The highest BCUT2D eigenvalue weighted by Crippen LogP contribution is 2.08. The highest BCUT2D eigenvalue weighted by atomic mass is 14.7. The van der Waals surface area contributed by atoms with E-state index in [1.165, 1.54) is 0 Å². The van der Waals surface area contributed by atoms with Gasteiger partial charge in [0.15, 0.2) is 0 Å². The van der Waals surface area contributed by atoms with E-state index in [4.69, 9.17) is 5.73 Å². The van der Waals surface area contributed by atoms with Crippen molar-refractivity contribution in [3.63, 3.8) is 0 Å².